The van der Waals surface area contributed by atoms with E-state index in [0.29, 0.717) is 17.7 Å². The second-order valence-corrected chi connectivity index (χ2v) is 5.39. The lowest BCUT2D eigenvalue weighted by molar-refractivity contribution is 0.324. The highest BCUT2D eigenvalue weighted by Crippen LogP contribution is 2.14. The zero-order chi connectivity index (χ0) is 15.2. The summed E-state index contributed by atoms with van der Waals surface area (Å²) in [5.74, 6) is -0.324. The van der Waals surface area contributed by atoms with Gasteiger partial charge in [0.1, 0.15) is 10.8 Å². The molecule has 0 atom stereocenters. The molecule has 0 fully saturated rings. The Kier molecular flexibility index (Phi) is 5.36. The molecule has 2 rings (SSSR count). The van der Waals surface area contributed by atoms with Gasteiger partial charge in [-0.25, -0.2) is 4.39 Å². The molecule has 1 heterocycles. The van der Waals surface area contributed by atoms with Gasteiger partial charge in [-0.1, -0.05) is 30.4 Å². The molecule has 0 aliphatic heterocycles. The van der Waals surface area contributed by atoms with Crippen molar-refractivity contribution in [1.29, 1.82) is 0 Å². The Hall–Kier alpha value is -1.85. The quantitative estimate of drug-likeness (QED) is 0.833. The number of hydrogen-bond donors (Lipinski definition) is 1. The van der Waals surface area contributed by atoms with Gasteiger partial charge in [0.05, 0.1) is 0 Å². The van der Waals surface area contributed by atoms with Crippen LogP contribution in [0, 0.1) is 5.82 Å². The van der Waals surface area contributed by atoms with E-state index in [-0.39, 0.29) is 10.8 Å². The molecule has 0 amide bonds. The zero-order valence-electron chi connectivity index (χ0n) is 11.9. The standard InChI is InChI=1S/C16H18FN3S/c1-20(10-8-13-6-2-3-9-19-13)11-12-5-4-7-14(15(12)17)16(18)21/h2-7,9H,8,10-11H2,1H3,(H2,18,21). The Balaban J connectivity index is 1.98. The fourth-order valence-corrected chi connectivity index (χ4v) is 2.27. The van der Waals surface area contributed by atoms with Gasteiger partial charge in [-0.05, 0) is 25.2 Å². The Morgan fingerprint density at radius 3 is 2.76 bits per heavy atom. The summed E-state index contributed by atoms with van der Waals surface area (Å²) in [4.78, 5) is 6.42. The maximum absolute atomic E-state index is 14.2. The number of halogens is 1. The molecule has 0 aliphatic rings. The molecule has 2 aromatic rings. The monoisotopic (exact) mass is 303 g/mol. The number of nitrogens with two attached hydrogens (primary N) is 1. The molecule has 0 saturated heterocycles. The molecule has 0 radical (unpaired) electrons. The fourth-order valence-electron chi connectivity index (χ4n) is 2.11. The predicted molar refractivity (Wildman–Crippen MR) is 86.6 cm³/mol. The van der Waals surface area contributed by atoms with Crippen molar-refractivity contribution < 1.29 is 4.39 Å². The SMILES string of the molecule is CN(CCc1ccccn1)Cc1cccc(C(N)=S)c1F. The summed E-state index contributed by atoms with van der Waals surface area (Å²) >= 11 is 4.85. The third-order valence-electron chi connectivity index (χ3n) is 3.26. The number of hydrogen-bond acceptors (Lipinski definition) is 3. The van der Waals surface area contributed by atoms with Gasteiger partial charge in [-0.2, -0.15) is 0 Å². The van der Waals surface area contributed by atoms with Gasteiger partial charge in [0, 0.05) is 42.5 Å². The highest BCUT2D eigenvalue weighted by Gasteiger charge is 2.11. The van der Waals surface area contributed by atoms with Crippen LogP contribution in [0.25, 0.3) is 0 Å². The minimum absolute atomic E-state index is 0.0884. The van der Waals surface area contributed by atoms with E-state index >= 15 is 0 Å². The van der Waals surface area contributed by atoms with E-state index in [0.717, 1.165) is 18.7 Å². The van der Waals surface area contributed by atoms with Crippen LogP contribution in [0.4, 0.5) is 4.39 Å². The van der Waals surface area contributed by atoms with Crippen LogP contribution in [0.2, 0.25) is 0 Å². The van der Waals surface area contributed by atoms with E-state index in [1.54, 1.807) is 24.4 Å². The van der Waals surface area contributed by atoms with Gasteiger partial charge in [0.2, 0.25) is 0 Å². The number of likely N-dealkylation sites (N-methyl/N-ethyl adjacent to an activating group) is 1. The van der Waals surface area contributed by atoms with E-state index in [1.807, 2.05) is 25.2 Å². The average Bonchev–Trinajstić information content (AvgIpc) is 2.48. The molecule has 1 aromatic heterocycles. The van der Waals surface area contributed by atoms with Crippen molar-refractivity contribution in [2.45, 2.75) is 13.0 Å². The summed E-state index contributed by atoms with van der Waals surface area (Å²) in [5.41, 5.74) is 7.45. The van der Waals surface area contributed by atoms with E-state index in [2.05, 4.69) is 9.88 Å². The second-order valence-electron chi connectivity index (χ2n) is 4.95. The van der Waals surface area contributed by atoms with E-state index in [1.165, 1.54) is 0 Å². The fraction of sp³-hybridized carbons (Fsp3) is 0.250. The number of benzene rings is 1. The molecule has 0 bridgehead atoms. The van der Waals surface area contributed by atoms with Crippen molar-refractivity contribution in [1.82, 2.24) is 9.88 Å². The maximum Gasteiger partial charge on any atom is 0.137 e. The summed E-state index contributed by atoms with van der Waals surface area (Å²) in [6, 6.07) is 11.0. The summed E-state index contributed by atoms with van der Waals surface area (Å²) in [6.45, 7) is 1.31. The first-order valence-electron chi connectivity index (χ1n) is 6.73. The van der Waals surface area contributed by atoms with Crippen molar-refractivity contribution in [2.75, 3.05) is 13.6 Å². The first-order chi connectivity index (χ1) is 10.1. The Morgan fingerprint density at radius 2 is 2.10 bits per heavy atom. The van der Waals surface area contributed by atoms with E-state index < -0.39 is 0 Å². The lowest BCUT2D eigenvalue weighted by Gasteiger charge is -2.17. The highest BCUT2D eigenvalue weighted by atomic mass is 32.1. The summed E-state index contributed by atoms with van der Waals surface area (Å²) in [7, 11) is 1.95. The van der Waals surface area contributed by atoms with Crippen LogP contribution in [0.3, 0.4) is 0 Å². The summed E-state index contributed by atoms with van der Waals surface area (Å²) in [6.07, 6.45) is 2.61. The minimum Gasteiger partial charge on any atom is -0.389 e. The van der Waals surface area contributed by atoms with Gasteiger partial charge in [-0.15, -0.1) is 0 Å². The average molecular weight is 303 g/mol. The number of rotatable bonds is 6. The van der Waals surface area contributed by atoms with Crippen molar-refractivity contribution in [3.05, 3.63) is 65.2 Å². The Bertz CT molecular complexity index is 616. The van der Waals surface area contributed by atoms with Crippen LogP contribution in [-0.2, 0) is 13.0 Å². The van der Waals surface area contributed by atoms with Crippen LogP contribution in [0.5, 0.6) is 0 Å². The number of thiocarbonyl (C=S) groups is 1. The molecule has 21 heavy (non-hydrogen) atoms. The summed E-state index contributed by atoms with van der Waals surface area (Å²) < 4.78 is 14.2. The molecule has 1 aromatic carbocycles. The largest absolute Gasteiger partial charge is 0.389 e. The van der Waals surface area contributed by atoms with Gasteiger partial charge < -0.3 is 10.6 Å². The van der Waals surface area contributed by atoms with Crippen molar-refractivity contribution in [3.63, 3.8) is 0 Å². The van der Waals surface area contributed by atoms with Gasteiger partial charge in [0.25, 0.3) is 0 Å². The molecular formula is C16H18FN3S. The first-order valence-corrected chi connectivity index (χ1v) is 7.14. The van der Waals surface area contributed by atoms with E-state index in [4.69, 9.17) is 18.0 Å². The second kappa shape index (κ2) is 7.24. The van der Waals surface area contributed by atoms with Crippen LogP contribution >= 0.6 is 12.2 Å². The minimum atomic E-state index is -0.324. The molecule has 0 aliphatic carbocycles. The maximum atomic E-state index is 14.2. The van der Waals surface area contributed by atoms with Crippen LogP contribution < -0.4 is 5.73 Å². The predicted octanol–water partition coefficient (Wildman–Crippen LogP) is 2.53. The van der Waals surface area contributed by atoms with Crippen LogP contribution in [0.15, 0.2) is 42.6 Å². The van der Waals surface area contributed by atoms with Gasteiger partial charge >= 0.3 is 0 Å². The first kappa shape index (κ1) is 15.5. The third kappa shape index (κ3) is 4.31. The van der Waals surface area contributed by atoms with Crippen molar-refractivity contribution >= 4 is 17.2 Å². The lowest BCUT2D eigenvalue weighted by Crippen LogP contribution is -2.22. The topological polar surface area (TPSA) is 42.2 Å². The van der Waals surface area contributed by atoms with Gasteiger partial charge in [-0.3, -0.25) is 4.98 Å². The van der Waals surface area contributed by atoms with Gasteiger partial charge in [0.15, 0.2) is 0 Å². The molecule has 2 N–H and O–H groups in total. The highest BCUT2D eigenvalue weighted by molar-refractivity contribution is 7.80. The normalized spacial score (nSPS) is 10.8. The molecular weight excluding hydrogens is 285 g/mol. The Labute approximate surface area is 129 Å². The molecule has 3 nitrogen and oxygen atoms in total. The Morgan fingerprint density at radius 1 is 1.29 bits per heavy atom. The van der Waals surface area contributed by atoms with Crippen LogP contribution in [0.1, 0.15) is 16.8 Å². The molecule has 110 valence electrons. The molecule has 0 unspecified atom stereocenters. The zero-order valence-corrected chi connectivity index (χ0v) is 12.7. The smallest absolute Gasteiger partial charge is 0.137 e. The molecule has 0 saturated carbocycles. The van der Waals surface area contributed by atoms with E-state index in [9.17, 15) is 4.39 Å². The van der Waals surface area contributed by atoms with Crippen LogP contribution in [-0.4, -0.2) is 28.5 Å². The molecule has 0 spiro atoms. The molecule has 5 heteroatoms. The number of pyridine rings is 1. The van der Waals surface area contributed by atoms with Crippen molar-refractivity contribution in [2.24, 2.45) is 5.73 Å². The number of nitrogens with zero attached hydrogens (tertiary/aromatic N) is 2. The summed E-state index contributed by atoms with van der Waals surface area (Å²) in [5, 5.41) is 0. The third-order valence-corrected chi connectivity index (χ3v) is 3.48. The number of aromatic nitrogens is 1. The lowest BCUT2D eigenvalue weighted by atomic mass is 10.1. The van der Waals surface area contributed by atoms with Crippen molar-refractivity contribution in [3.8, 4) is 0 Å².